The molecule has 1 unspecified atom stereocenters. The predicted molar refractivity (Wildman–Crippen MR) is 125 cm³/mol. The maximum absolute atomic E-state index is 11.6. The highest BCUT2D eigenvalue weighted by molar-refractivity contribution is 5.92. The van der Waals surface area contributed by atoms with Crippen LogP contribution in [0.25, 0.3) is 10.9 Å². The van der Waals surface area contributed by atoms with E-state index in [1.165, 1.54) is 22.1 Å². The molecule has 2 aliphatic rings. The summed E-state index contributed by atoms with van der Waals surface area (Å²) in [6.45, 7) is 4.70. The van der Waals surface area contributed by atoms with Crippen molar-refractivity contribution >= 4 is 16.8 Å². The normalized spacial score (nSPS) is 23.8. The van der Waals surface area contributed by atoms with E-state index in [9.17, 15) is 4.79 Å². The number of aryl methyl sites for hydroxylation is 1. The van der Waals surface area contributed by atoms with Crippen molar-refractivity contribution in [1.82, 2.24) is 9.88 Å². The van der Waals surface area contributed by atoms with Gasteiger partial charge >= 0.3 is 0 Å². The van der Waals surface area contributed by atoms with Crippen LogP contribution in [0, 0.1) is 6.92 Å². The highest BCUT2D eigenvalue weighted by atomic mass is 16.5. The van der Waals surface area contributed by atoms with Crippen LogP contribution in [0.3, 0.4) is 0 Å². The molecule has 1 amide bonds. The fourth-order valence-electron chi connectivity index (χ4n) is 5.57. The number of aromatic nitrogens is 1. The molecule has 0 bridgehead atoms. The first-order valence-corrected chi connectivity index (χ1v) is 11.4. The highest BCUT2D eigenvalue weighted by Crippen LogP contribution is 2.45. The predicted octanol–water partition coefficient (Wildman–Crippen LogP) is 4.47. The van der Waals surface area contributed by atoms with E-state index in [0.29, 0.717) is 5.56 Å². The number of fused-ring (bicyclic) bond motifs is 1. The van der Waals surface area contributed by atoms with Gasteiger partial charge in [0, 0.05) is 54.0 Å². The molecule has 2 aliphatic heterocycles. The maximum atomic E-state index is 11.6. The molecule has 0 radical (unpaired) electrons. The molecule has 1 aromatic heterocycles. The number of H-pyrrole nitrogens is 1. The number of likely N-dealkylation sites (tertiary alicyclic amines) is 1. The van der Waals surface area contributed by atoms with Gasteiger partial charge in [-0.1, -0.05) is 12.1 Å². The second-order valence-corrected chi connectivity index (χ2v) is 9.20. The first-order valence-electron chi connectivity index (χ1n) is 11.4. The number of rotatable bonds is 5. The summed E-state index contributed by atoms with van der Waals surface area (Å²) in [4.78, 5) is 17.5. The number of hydrogen-bond acceptors (Lipinski definition) is 4. The molecule has 2 fully saturated rings. The molecule has 2 saturated heterocycles. The number of primary amides is 1. The van der Waals surface area contributed by atoms with Crippen molar-refractivity contribution in [3.8, 4) is 5.75 Å². The van der Waals surface area contributed by atoms with E-state index in [0.717, 1.165) is 56.6 Å². The standard InChI is InChI=1S/C26H31N3O3/c1-17-14-23(31-2)21(20-8-11-28-24(17)20)16-29-12-10-26(9-3-13-32-26)15-22(29)18-4-6-19(7-5-18)25(27)30/h4-8,11,14,22,28H,3,9-10,12-13,15-16H2,1-2H3,(H2,27,30)/t22-,26?/m0/s1. The van der Waals surface area contributed by atoms with Gasteiger partial charge in [0.05, 0.1) is 12.7 Å². The summed E-state index contributed by atoms with van der Waals surface area (Å²) >= 11 is 0. The first-order chi connectivity index (χ1) is 15.5. The summed E-state index contributed by atoms with van der Waals surface area (Å²) in [6.07, 6.45) is 6.23. The van der Waals surface area contributed by atoms with Crippen LogP contribution in [0.4, 0.5) is 0 Å². The lowest BCUT2D eigenvalue weighted by atomic mass is 9.81. The maximum Gasteiger partial charge on any atom is 0.248 e. The van der Waals surface area contributed by atoms with Crippen molar-refractivity contribution in [3.05, 3.63) is 64.8 Å². The Morgan fingerprint density at radius 2 is 2.09 bits per heavy atom. The Bertz CT molecular complexity index is 1130. The molecule has 3 N–H and O–H groups in total. The summed E-state index contributed by atoms with van der Waals surface area (Å²) in [7, 11) is 1.74. The van der Waals surface area contributed by atoms with E-state index in [-0.39, 0.29) is 11.6 Å². The number of nitrogens with zero attached hydrogens (tertiary/aromatic N) is 1. The van der Waals surface area contributed by atoms with Crippen molar-refractivity contribution in [1.29, 1.82) is 0 Å². The van der Waals surface area contributed by atoms with E-state index in [1.54, 1.807) is 7.11 Å². The number of nitrogens with two attached hydrogens (primary N) is 1. The Kier molecular flexibility index (Phi) is 5.43. The molecular weight excluding hydrogens is 402 g/mol. The van der Waals surface area contributed by atoms with Crippen LogP contribution in [-0.2, 0) is 11.3 Å². The Morgan fingerprint density at radius 1 is 1.28 bits per heavy atom. The lowest BCUT2D eigenvalue weighted by molar-refractivity contribution is -0.0676. The lowest BCUT2D eigenvalue weighted by Crippen LogP contribution is -2.45. The van der Waals surface area contributed by atoms with Crippen molar-refractivity contribution in [3.63, 3.8) is 0 Å². The van der Waals surface area contributed by atoms with E-state index >= 15 is 0 Å². The topological polar surface area (TPSA) is 80.6 Å². The monoisotopic (exact) mass is 433 g/mol. The van der Waals surface area contributed by atoms with Gasteiger partial charge in [-0.25, -0.2) is 0 Å². The van der Waals surface area contributed by atoms with Gasteiger partial charge in [-0.3, -0.25) is 9.69 Å². The Labute approximate surface area is 188 Å². The number of carbonyl (C=O) groups is 1. The van der Waals surface area contributed by atoms with Gasteiger partial charge in [-0.2, -0.15) is 0 Å². The number of benzene rings is 2. The SMILES string of the molecule is COc1cc(C)c2[nH]ccc2c1CN1CCC2(CCCO2)C[C@H]1c1ccc(C(N)=O)cc1. The van der Waals surface area contributed by atoms with Crippen molar-refractivity contribution in [2.24, 2.45) is 5.73 Å². The number of carbonyl (C=O) groups excluding carboxylic acids is 1. The number of ether oxygens (including phenoxy) is 2. The largest absolute Gasteiger partial charge is 0.496 e. The second kappa shape index (κ2) is 8.26. The Balaban J connectivity index is 1.52. The Hall–Kier alpha value is -2.83. The van der Waals surface area contributed by atoms with Crippen LogP contribution >= 0.6 is 0 Å². The van der Waals surface area contributed by atoms with E-state index in [1.807, 2.05) is 30.5 Å². The van der Waals surface area contributed by atoms with Gasteiger partial charge in [0.2, 0.25) is 5.91 Å². The van der Waals surface area contributed by atoms with E-state index < -0.39 is 5.91 Å². The summed E-state index contributed by atoms with van der Waals surface area (Å²) in [5, 5.41) is 1.21. The average Bonchev–Trinajstić information content (AvgIpc) is 3.47. The Morgan fingerprint density at radius 3 is 2.78 bits per heavy atom. The number of hydrogen-bond donors (Lipinski definition) is 2. The van der Waals surface area contributed by atoms with Crippen LogP contribution in [0.15, 0.2) is 42.6 Å². The third-order valence-corrected chi connectivity index (χ3v) is 7.32. The fourth-order valence-corrected chi connectivity index (χ4v) is 5.57. The van der Waals surface area contributed by atoms with E-state index in [2.05, 4.69) is 28.9 Å². The number of aromatic amines is 1. The summed E-state index contributed by atoms with van der Waals surface area (Å²) < 4.78 is 12.1. The van der Waals surface area contributed by atoms with Crippen molar-refractivity contribution < 1.29 is 14.3 Å². The first kappa shape index (κ1) is 21.0. The summed E-state index contributed by atoms with van der Waals surface area (Å²) in [6, 6.07) is 12.2. The minimum absolute atomic E-state index is 0.0374. The van der Waals surface area contributed by atoms with Crippen LogP contribution in [-0.4, -0.2) is 41.7 Å². The average molecular weight is 434 g/mol. The van der Waals surface area contributed by atoms with Crippen LogP contribution in [0.5, 0.6) is 5.75 Å². The molecule has 0 saturated carbocycles. The number of amides is 1. The molecular formula is C26H31N3O3. The van der Waals surface area contributed by atoms with Crippen LogP contribution < -0.4 is 10.5 Å². The minimum atomic E-state index is -0.396. The number of piperidine rings is 1. The van der Waals surface area contributed by atoms with Crippen molar-refractivity contribution in [2.45, 2.75) is 50.8 Å². The zero-order valence-corrected chi connectivity index (χ0v) is 18.8. The molecule has 32 heavy (non-hydrogen) atoms. The molecule has 2 aromatic carbocycles. The molecule has 3 aromatic rings. The molecule has 1 spiro atoms. The quantitative estimate of drug-likeness (QED) is 0.622. The molecule has 6 nitrogen and oxygen atoms in total. The van der Waals surface area contributed by atoms with E-state index in [4.69, 9.17) is 15.2 Å². The summed E-state index contributed by atoms with van der Waals surface area (Å²) in [5.41, 5.74) is 10.7. The second-order valence-electron chi connectivity index (χ2n) is 9.20. The third-order valence-electron chi connectivity index (χ3n) is 7.32. The van der Waals surface area contributed by atoms with Gasteiger partial charge in [-0.15, -0.1) is 0 Å². The van der Waals surface area contributed by atoms with Crippen molar-refractivity contribution in [2.75, 3.05) is 20.3 Å². The molecule has 6 heteroatoms. The highest BCUT2D eigenvalue weighted by Gasteiger charge is 2.43. The van der Waals surface area contributed by atoms with Gasteiger partial charge in [0.15, 0.2) is 0 Å². The molecule has 168 valence electrons. The zero-order valence-electron chi connectivity index (χ0n) is 18.8. The van der Waals surface area contributed by atoms with Gasteiger partial charge < -0.3 is 20.2 Å². The zero-order chi connectivity index (χ0) is 22.3. The van der Waals surface area contributed by atoms with Crippen LogP contribution in [0.2, 0.25) is 0 Å². The summed E-state index contributed by atoms with van der Waals surface area (Å²) in [5.74, 6) is 0.529. The van der Waals surface area contributed by atoms with Gasteiger partial charge in [-0.05, 0) is 68.0 Å². The molecule has 3 heterocycles. The lowest BCUT2D eigenvalue weighted by Gasteiger charge is -2.45. The molecule has 2 atom stereocenters. The third kappa shape index (κ3) is 3.67. The molecule has 0 aliphatic carbocycles. The van der Waals surface area contributed by atoms with Gasteiger partial charge in [0.25, 0.3) is 0 Å². The molecule has 5 rings (SSSR count). The van der Waals surface area contributed by atoms with Crippen LogP contribution in [0.1, 0.15) is 58.8 Å². The number of nitrogens with one attached hydrogen (secondary N) is 1. The number of methoxy groups -OCH3 is 1. The minimum Gasteiger partial charge on any atom is -0.496 e. The smallest absolute Gasteiger partial charge is 0.248 e. The van der Waals surface area contributed by atoms with Gasteiger partial charge in [0.1, 0.15) is 5.75 Å². The fraction of sp³-hybridized carbons (Fsp3) is 0.423.